The third-order valence-corrected chi connectivity index (χ3v) is 10.8. The first-order valence-corrected chi connectivity index (χ1v) is 16.5. The fraction of sp³-hybridized carbons (Fsp3) is 0.238. The highest BCUT2D eigenvalue weighted by Gasteiger charge is 2.34. The van der Waals surface area contributed by atoms with Crippen LogP contribution in [0.4, 0.5) is 0 Å². The van der Waals surface area contributed by atoms with Gasteiger partial charge >= 0.3 is 0 Å². The standard InChI is InChI=1S/C42H38N2/c1-4-12-29(13-5-1)32-20-23-36-38-27-31(22-25-41(38)44(42(36)28-32)34-16-8-3-9-17-34)30-21-24-40-37(26-30)35-18-10-11-19-39(35)43(40)33-14-6-2-7-15-33/h1-12,14-19,22,25-26,29,31-32H,13,20-21,23-24,27-28H2. The van der Waals surface area contributed by atoms with Crippen molar-refractivity contribution >= 4 is 23.1 Å². The van der Waals surface area contributed by atoms with E-state index >= 15 is 0 Å². The van der Waals surface area contributed by atoms with Gasteiger partial charge in [0.2, 0.25) is 0 Å². The summed E-state index contributed by atoms with van der Waals surface area (Å²) >= 11 is 0. The predicted molar refractivity (Wildman–Crippen MR) is 183 cm³/mol. The molecule has 4 aliphatic rings. The minimum absolute atomic E-state index is 0.453. The molecule has 0 spiro atoms. The van der Waals surface area contributed by atoms with Gasteiger partial charge in [0, 0.05) is 45.3 Å². The molecule has 0 aliphatic heterocycles. The Morgan fingerprint density at radius 2 is 1.41 bits per heavy atom. The Morgan fingerprint density at radius 1 is 0.636 bits per heavy atom. The van der Waals surface area contributed by atoms with Crippen molar-refractivity contribution in [3.63, 3.8) is 0 Å². The van der Waals surface area contributed by atoms with Crippen LogP contribution in [0.15, 0.2) is 121 Å². The van der Waals surface area contributed by atoms with Crippen LogP contribution in [-0.2, 0) is 25.7 Å². The van der Waals surface area contributed by atoms with Gasteiger partial charge in [-0.1, -0.05) is 96.6 Å². The normalized spacial score (nSPS) is 22.0. The number of allylic oxidation sites excluding steroid dienone is 6. The van der Waals surface area contributed by atoms with Crippen molar-refractivity contribution < 1.29 is 0 Å². The number of nitrogens with zero attached hydrogens (tertiary/aromatic N) is 2. The van der Waals surface area contributed by atoms with Crippen LogP contribution in [0.1, 0.15) is 53.0 Å². The van der Waals surface area contributed by atoms with Crippen LogP contribution in [0.5, 0.6) is 0 Å². The van der Waals surface area contributed by atoms with Crippen LogP contribution in [0, 0.1) is 17.8 Å². The zero-order valence-corrected chi connectivity index (χ0v) is 25.2. The van der Waals surface area contributed by atoms with E-state index in [0.717, 1.165) is 19.3 Å². The molecule has 2 nitrogen and oxygen atoms in total. The number of hydrogen-bond acceptors (Lipinski definition) is 0. The predicted octanol–water partition coefficient (Wildman–Crippen LogP) is 9.87. The molecule has 44 heavy (non-hydrogen) atoms. The Bertz CT molecular complexity index is 1990. The lowest BCUT2D eigenvalue weighted by Gasteiger charge is -2.30. The van der Waals surface area contributed by atoms with Crippen molar-refractivity contribution in [3.05, 3.63) is 155 Å². The van der Waals surface area contributed by atoms with Crippen molar-refractivity contribution in [1.82, 2.24) is 9.13 Å². The molecule has 3 atom stereocenters. The molecule has 2 heteroatoms. The van der Waals surface area contributed by atoms with E-state index < -0.39 is 0 Å². The second-order valence-corrected chi connectivity index (χ2v) is 13.1. The van der Waals surface area contributed by atoms with Crippen LogP contribution in [-0.4, -0.2) is 9.13 Å². The van der Waals surface area contributed by atoms with E-state index in [-0.39, 0.29) is 0 Å². The summed E-state index contributed by atoms with van der Waals surface area (Å²) in [6.45, 7) is 0. The van der Waals surface area contributed by atoms with E-state index in [9.17, 15) is 0 Å². The highest BCUT2D eigenvalue weighted by Crippen LogP contribution is 2.44. The zero-order valence-electron chi connectivity index (χ0n) is 25.2. The zero-order chi connectivity index (χ0) is 29.0. The minimum Gasteiger partial charge on any atom is -0.314 e. The van der Waals surface area contributed by atoms with E-state index in [1.165, 1.54) is 64.9 Å². The largest absolute Gasteiger partial charge is 0.314 e. The van der Waals surface area contributed by atoms with Gasteiger partial charge in [-0.15, -0.1) is 0 Å². The first kappa shape index (κ1) is 25.9. The number of rotatable bonds is 4. The summed E-state index contributed by atoms with van der Waals surface area (Å²) in [6, 6.07) is 31.0. The topological polar surface area (TPSA) is 9.86 Å². The molecule has 2 aromatic heterocycles. The molecule has 0 fully saturated rings. The van der Waals surface area contributed by atoms with Crippen molar-refractivity contribution in [1.29, 1.82) is 0 Å². The Hall–Kier alpha value is -4.56. The molecular formula is C42H38N2. The Kier molecular flexibility index (Phi) is 6.21. The highest BCUT2D eigenvalue weighted by atomic mass is 15.0. The van der Waals surface area contributed by atoms with Gasteiger partial charge in [0.25, 0.3) is 0 Å². The van der Waals surface area contributed by atoms with Gasteiger partial charge in [0.15, 0.2) is 0 Å². The minimum atomic E-state index is 0.453. The van der Waals surface area contributed by atoms with Crippen molar-refractivity contribution in [3.8, 4) is 11.4 Å². The van der Waals surface area contributed by atoms with Gasteiger partial charge in [-0.05, 0) is 104 Å². The molecule has 0 N–H and O–H groups in total. The lowest BCUT2D eigenvalue weighted by atomic mass is 9.75. The van der Waals surface area contributed by atoms with Crippen LogP contribution in [0.25, 0.3) is 34.4 Å². The third kappa shape index (κ3) is 4.15. The van der Waals surface area contributed by atoms with Crippen molar-refractivity contribution in [2.24, 2.45) is 17.8 Å². The molecule has 0 amide bonds. The molecule has 0 saturated heterocycles. The molecule has 3 aromatic carbocycles. The van der Waals surface area contributed by atoms with Crippen molar-refractivity contribution in [2.45, 2.75) is 44.9 Å². The summed E-state index contributed by atoms with van der Waals surface area (Å²) in [6.07, 6.45) is 25.0. The first-order valence-electron chi connectivity index (χ1n) is 16.5. The van der Waals surface area contributed by atoms with Gasteiger partial charge in [0.1, 0.15) is 0 Å². The lowest BCUT2D eigenvalue weighted by Crippen LogP contribution is -2.23. The quantitative estimate of drug-likeness (QED) is 0.204. The molecule has 5 aromatic rings. The number of benzene rings is 3. The Labute approximate surface area is 260 Å². The van der Waals surface area contributed by atoms with Crippen molar-refractivity contribution in [2.75, 3.05) is 0 Å². The molecule has 0 radical (unpaired) electrons. The number of para-hydroxylation sites is 3. The van der Waals surface area contributed by atoms with Crippen LogP contribution in [0.2, 0.25) is 0 Å². The Morgan fingerprint density at radius 3 is 2.20 bits per heavy atom. The SMILES string of the molecule is C1=CCC(C2CCc3c4c(n(-c5ccccc5)c3C2)C=CC(C2=Cc3c(n(-c5ccccc5)c5ccccc35)CC2)C4)C=C1. The molecule has 0 saturated carbocycles. The summed E-state index contributed by atoms with van der Waals surface area (Å²) in [5.74, 6) is 1.82. The summed E-state index contributed by atoms with van der Waals surface area (Å²) in [5, 5.41) is 1.37. The monoisotopic (exact) mass is 570 g/mol. The maximum Gasteiger partial charge on any atom is 0.0537 e. The smallest absolute Gasteiger partial charge is 0.0537 e. The maximum absolute atomic E-state index is 2.62. The maximum atomic E-state index is 2.62. The molecular weight excluding hydrogens is 532 g/mol. The number of fused-ring (bicyclic) bond motifs is 6. The first-order chi connectivity index (χ1) is 21.8. The molecule has 0 bridgehead atoms. The lowest BCUT2D eigenvalue weighted by molar-refractivity contribution is 0.346. The van der Waals surface area contributed by atoms with Crippen LogP contribution >= 0.6 is 0 Å². The summed E-state index contributed by atoms with van der Waals surface area (Å²) in [4.78, 5) is 0. The van der Waals surface area contributed by atoms with Crippen LogP contribution in [0.3, 0.4) is 0 Å². The Balaban J connectivity index is 1.11. The molecule has 3 unspecified atom stereocenters. The van der Waals surface area contributed by atoms with Gasteiger partial charge in [-0.2, -0.15) is 0 Å². The molecule has 9 rings (SSSR count). The van der Waals surface area contributed by atoms with Gasteiger partial charge in [-0.3, -0.25) is 0 Å². The van der Waals surface area contributed by atoms with E-state index in [1.54, 1.807) is 22.4 Å². The summed E-state index contributed by atoms with van der Waals surface area (Å²) in [7, 11) is 0. The number of aromatic nitrogens is 2. The average molecular weight is 571 g/mol. The van der Waals surface area contributed by atoms with E-state index in [0.29, 0.717) is 17.8 Å². The third-order valence-electron chi connectivity index (χ3n) is 10.8. The second-order valence-electron chi connectivity index (χ2n) is 13.1. The van der Waals surface area contributed by atoms with E-state index in [2.05, 4.69) is 137 Å². The van der Waals surface area contributed by atoms with E-state index in [4.69, 9.17) is 0 Å². The van der Waals surface area contributed by atoms with Gasteiger partial charge in [0.05, 0.1) is 5.52 Å². The van der Waals surface area contributed by atoms with E-state index in [1.807, 2.05) is 0 Å². The molecule has 4 aliphatic carbocycles. The van der Waals surface area contributed by atoms with Gasteiger partial charge in [-0.25, -0.2) is 0 Å². The fourth-order valence-electron chi connectivity index (χ4n) is 8.68. The average Bonchev–Trinajstić information content (AvgIpc) is 3.61. The van der Waals surface area contributed by atoms with Crippen LogP contribution < -0.4 is 0 Å². The summed E-state index contributed by atoms with van der Waals surface area (Å²) in [5.41, 5.74) is 14.6. The number of hydrogen-bond donors (Lipinski definition) is 0. The summed E-state index contributed by atoms with van der Waals surface area (Å²) < 4.78 is 5.11. The fourth-order valence-corrected chi connectivity index (χ4v) is 8.68. The van der Waals surface area contributed by atoms with Gasteiger partial charge < -0.3 is 9.13 Å². The molecule has 216 valence electrons. The second kappa shape index (κ2) is 10.6. The highest BCUT2D eigenvalue weighted by molar-refractivity contribution is 5.94. The molecule has 2 heterocycles.